The van der Waals surface area contributed by atoms with E-state index in [9.17, 15) is 24.6 Å². The van der Waals surface area contributed by atoms with Crippen LogP contribution in [-0.4, -0.2) is 47.1 Å². The van der Waals surface area contributed by atoms with Crippen LogP contribution in [0, 0.1) is 40.4 Å². The number of ether oxygens (including phenoxy) is 1. The van der Waals surface area contributed by atoms with Gasteiger partial charge in [-0.1, -0.05) is 19.9 Å². The molecule has 30 heavy (non-hydrogen) atoms. The first-order chi connectivity index (χ1) is 14.1. The van der Waals surface area contributed by atoms with Crippen molar-refractivity contribution in [1.82, 2.24) is 0 Å². The Morgan fingerprint density at radius 2 is 2.00 bits per heavy atom. The minimum Gasteiger partial charge on any atom is -0.465 e. The Labute approximate surface area is 177 Å². The largest absolute Gasteiger partial charge is 0.465 e. The average Bonchev–Trinajstić information content (AvgIpc) is 3.02. The zero-order chi connectivity index (χ0) is 21.8. The molecule has 6 nitrogen and oxygen atoms in total. The fourth-order valence-corrected chi connectivity index (χ4v) is 7.57. The molecule has 0 radical (unpaired) electrons. The number of aliphatic hydroxyl groups is 2. The van der Waals surface area contributed by atoms with Gasteiger partial charge in [0.25, 0.3) is 0 Å². The molecule has 164 valence electrons. The number of allylic oxidation sites excluding steroid dienone is 3. The predicted octanol–water partition coefficient (Wildman–Crippen LogP) is 2.23. The first-order valence-corrected chi connectivity index (χ1v) is 11.0. The number of esters is 1. The minimum absolute atomic E-state index is 0.0530. The predicted molar refractivity (Wildman–Crippen MR) is 109 cm³/mol. The summed E-state index contributed by atoms with van der Waals surface area (Å²) in [4.78, 5) is 36.1. The number of ketones is 2. The third-order valence-corrected chi connectivity index (χ3v) is 8.69. The summed E-state index contributed by atoms with van der Waals surface area (Å²) < 4.78 is 5.37. The van der Waals surface area contributed by atoms with Gasteiger partial charge in [-0.15, -0.1) is 0 Å². The van der Waals surface area contributed by atoms with Gasteiger partial charge in [-0.2, -0.15) is 0 Å². The summed E-state index contributed by atoms with van der Waals surface area (Å²) in [6.45, 7) is 5.32. The van der Waals surface area contributed by atoms with Gasteiger partial charge in [0.05, 0.1) is 12.7 Å². The number of carbonyl (C=O) groups is 3. The SMILES string of the molecule is CC(=O)OC[C@H]1C[C@@H]2[C@H]([C@@H](O)C[C@]3(C)[C@@H](C(=O)CO)CC[C@@H]23)[C@@]2(C)C=CC(=O)C=C12. The Bertz CT molecular complexity index is 828. The molecule has 2 N–H and O–H groups in total. The monoisotopic (exact) mass is 416 g/mol. The van der Waals surface area contributed by atoms with Crippen LogP contribution in [0.15, 0.2) is 23.8 Å². The van der Waals surface area contributed by atoms with E-state index in [1.807, 2.05) is 6.08 Å². The van der Waals surface area contributed by atoms with E-state index in [0.717, 1.165) is 24.8 Å². The van der Waals surface area contributed by atoms with Gasteiger partial charge < -0.3 is 14.9 Å². The molecule has 0 bridgehead atoms. The highest BCUT2D eigenvalue weighted by molar-refractivity contribution is 6.01. The number of fused-ring (bicyclic) bond motifs is 5. The van der Waals surface area contributed by atoms with E-state index in [1.54, 1.807) is 12.2 Å². The molecule has 0 aliphatic heterocycles. The molecule has 0 amide bonds. The standard InChI is InChI=1S/C24H32O6/c1-13(26)30-12-14-8-16-17-4-5-18(21(29)11-25)24(17,3)10-20(28)22(16)23(2)7-6-15(27)9-19(14)23/h6-7,9,14,16-18,20,22,25,28H,4-5,8,10-12H2,1-3H3/t14-,16+,17+,18-,20+,22-,23+,24+/m1/s1. The maximum absolute atomic E-state index is 12.5. The number of hydrogen-bond donors (Lipinski definition) is 2. The van der Waals surface area contributed by atoms with Crippen LogP contribution in [0.5, 0.6) is 0 Å². The molecular weight excluding hydrogens is 384 g/mol. The lowest BCUT2D eigenvalue weighted by molar-refractivity contribution is -0.150. The summed E-state index contributed by atoms with van der Waals surface area (Å²) in [5.41, 5.74) is 0.112. The molecule has 3 saturated carbocycles. The Balaban J connectivity index is 1.74. The van der Waals surface area contributed by atoms with Crippen LogP contribution in [0.3, 0.4) is 0 Å². The van der Waals surface area contributed by atoms with Crippen molar-refractivity contribution in [3.8, 4) is 0 Å². The summed E-state index contributed by atoms with van der Waals surface area (Å²) in [6.07, 6.45) is 7.44. The lowest BCUT2D eigenvalue weighted by Gasteiger charge is -2.60. The average molecular weight is 417 g/mol. The van der Waals surface area contributed by atoms with Gasteiger partial charge in [0.15, 0.2) is 11.6 Å². The molecule has 0 aromatic rings. The highest BCUT2D eigenvalue weighted by Gasteiger charge is 2.63. The van der Waals surface area contributed by atoms with Crippen LogP contribution in [0.25, 0.3) is 0 Å². The van der Waals surface area contributed by atoms with Gasteiger partial charge in [-0.25, -0.2) is 0 Å². The molecular formula is C24H32O6. The number of carbonyl (C=O) groups excluding carboxylic acids is 3. The van der Waals surface area contributed by atoms with Crippen molar-refractivity contribution in [1.29, 1.82) is 0 Å². The molecule has 6 heteroatoms. The number of hydrogen-bond acceptors (Lipinski definition) is 6. The van der Waals surface area contributed by atoms with E-state index in [4.69, 9.17) is 4.74 Å². The lowest BCUT2D eigenvalue weighted by Crippen LogP contribution is -2.58. The third-order valence-electron chi connectivity index (χ3n) is 8.69. The zero-order valence-electron chi connectivity index (χ0n) is 18.0. The highest BCUT2D eigenvalue weighted by Crippen LogP contribution is 2.66. The fourth-order valence-electron chi connectivity index (χ4n) is 7.57. The fraction of sp³-hybridized carbons (Fsp3) is 0.708. The topological polar surface area (TPSA) is 101 Å². The van der Waals surface area contributed by atoms with Gasteiger partial charge >= 0.3 is 5.97 Å². The maximum atomic E-state index is 12.5. The molecule has 4 rings (SSSR count). The van der Waals surface area contributed by atoms with Crippen LogP contribution in [0.2, 0.25) is 0 Å². The maximum Gasteiger partial charge on any atom is 0.302 e. The van der Waals surface area contributed by atoms with E-state index in [1.165, 1.54) is 6.92 Å². The van der Waals surface area contributed by atoms with Gasteiger partial charge in [-0.05, 0) is 60.7 Å². The molecule has 8 atom stereocenters. The summed E-state index contributed by atoms with van der Waals surface area (Å²) in [6, 6.07) is 0. The van der Waals surface area contributed by atoms with E-state index in [0.29, 0.717) is 6.42 Å². The first kappa shape index (κ1) is 21.4. The van der Waals surface area contributed by atoms with Crippen molar-refractivity contribution in [3.63, 3.8) is 0 Å². The Morgan fingerprint density at radius 1 is 1.27 bits per heavy atom. The van der Waals surface area contributed by atoms with Crippen molar-refractivity contribution >= 4 is 17.5 Å². The van der Waals surface area contributed by atoms with Crippen LogP contribution in [0.4, 0.5) is 0 Å². The molecule has 3 fully saturated rings. The summed E-state index contributed by atoms with van der Waals surface area (Å²) >= 11 is 0. The van der Waals surface area contributed by atoms with E-state index in [-0.39, 0.29) is 59.1 Å². The molecule has 0 aromatic carbocycles. The smallest absolute Gasteiger partial charge is 0.302 e. The van der Waals surface area contributed by atoms with Crippen molar-refractivity contribution in [2.75, 3.05) is 13.2 Å². The number of Topliss-reactive ketones (excluding diaryl/α,β-unsaturated/α-hetero) is 1. The minimum atomic E-state index is -0.607. The highest BCUT2D eigenvalue weighted by atomic mass is 16.5. The van der Waals surface area contributed by atoms with Crippen molar-refractivity contribution in [2.45, 2.75) is 52.6 Å². The van der Waals surface area contributed by atoms with Crippen LogP contribution < -0.4 is 0 Å². The van der Waals surface area contributed by atoms with Crippen molar-refractivity contribution in [2.24, 2.45) is 40.4 Å². The van der Waals surface area contributed by atoms with E-state index >= 15 is 0 Å². The van der Waals surface area contributed by atoms with Gasteiger partial charge in [-0.3, -0.25) is 14.4 Å². The third kappa shape index (κ3) is 3.11. The van der Waals surface area contributed by atoms with E-state index in [2.05, 4.69) is 13.8 Å². The second-order valence-corrected chi connectivity index (χ2v) is 10.2. The second-order valence-electron chi connectivity index (χ2n) is 10.2. The quantitative estimate of drug-likeness (QED) is 0.682. The Morgan fingerprint density at radius 3 is 2.67 bits per heavy atom. The van der Waals surface area contributed by atoms with Crippen LogP contribution in [0.1, 0.15) is 46.5 Å². The van der Waals surface area contributed by atoms with E-state index < -0.39 is 18.1 Å². The van der Waals surface area contributed by atoms with Crippen LogP contribution in [-0.2, 0) is 19.1 Å². The molecule has 0 spiro atoms. The van der Waals surface area contributed by atoms with Crippen LogP contribution >= 0.6 is 0 Å². The first-order valence-electron chi connectivity index (χ1n) is 11.0. The molecule has 0 heterocycles. The molecule has 4 aliphatic carbocycles. The normalized spacial score (nSPS) is 44.6. The van der Waals surface area contributed by atoms with Crippen molar-refractivity contribution in [3.05, 3.63) is 23.8 Å². The Kier molecular flexibility index (Phi) is 5.30. The molecule has 0 unspecified atom stereocenters. The molecule has 0 aromatic heterocycles. The van der Waals surface area contributed by atoms with Gasteiger partial charge in [0.2, 0.25) is 0 Å². The van der Waals surface area contributed by atoms with Gasteiger partial charge in [0, 0.05) is 30.1 Å². The summed E-state index contributed by atoms with van der Waals surface area (Å²) in [5, 5.41) is 20.8. The number of rotatable bonds is 4. The molecule has 0 saturated heterocycles. The lowest BCUT2D eigenvalue weighted by atomic mass is 9.45. The van der Waals surface area contributed by atoms with Crippen molar-refractivity contribution < 1.29 is 29.3 Å². The second kappa shape index (κ2) is 7.41. The number of aliphatic hydroxyl groups excluding tert-OH is 2. The van der Waals surface area contributed by atoms with Gasteiger partial charge in [0.1, 0.15) is 6.61 Å². The Hall–Kier alpha value is -1.79. The zero-order valence-corrected chi connectivity index (χ0v) is 18.0. The summed E-state index contributed by atoms with van der Waals surface area (Å²) in [7, 11) is 0. The molecule has 4 aliphatic rings. The summed E-state index contributed by atoms with van der Waals surface area (Å²) in [5.74, 6) is -0.528.